The summed E-state index contributed by atoms with van der Waals surface area (Å²) in [6.07, 6.45) is 0.630. The third kappa shape index (κ3) is 3.27. The fraction of sp³-hybridized carbons (Fsp3) is 0.500. The van der Waals surface area contributed by atoms with Crippen molar-refractivity contribution >= 4 is 27.2 Å². The van der Waals surface area contributed by atoms with Crippen molar-refractivity contribution in [2.75, 3.05) is 25.3 Å². The van der Waals surface area contributed by atoms with E-state index in [1.165, 1.54) is 0 Å². The minimum atomic E-state index is -2.91. The maximum absolute atomic E-state index is 11.5. The lowest BCUT2D eigenvalue weighted by Gasteiger charge is -2.26. The summed E-state index contributed by atoms with van der Waals surface area (Å²) in [4.78, 5) is 1.84. The summed E-state index contributed by atoms with van der Waals surface area (Å²) in [6, 6.07) is 5.69. The molecular formula is C14H18N2O4S2. The van der Waals surface area contributed by atoms with Crippen LogP contribution in [0.25, 0.3) is 0 Å². The molecule has 1 aromatic carbocycles. The molecule has 0 aromatic heterocycles. The number of benzene rings is 1. The van der Waals surface area contributed by atoms with Crippen LogP contribution in [0.15, 0.2) is 18.2 Å². The molecule has 0 radical (unpaired) electrons. The van der Waals surface area contributed by atoms with Crippen LogP contribution in [0.4, 0.5) is 0 Å². The molecule has 6 nitrogen and oxygen atoms in total. The maximum atomic E-state index is 11.5. The first kappa shape index (κ1) is 15.4. The van der Waals surface area contributed by atoms with Crippen molar-refractivity contribution in [3.63, 3.8) is 0 Å². The van der Waals surface area contributed by atoms with Gasteiger partial charge in [-0.2, -0.15) is 0 Å². The molecule has 1 N–H and O–H groups in total. The van der Waals surface area contributed by atoms with Crippen molar-refractivity contribution in [1.82, 2.24) is 10.2 Å². The van der Waals surface area contributed by atoms with Gasteiger partial charge in [0.25, 0.3) is 0 Å². The second-order valence-electron chi connectivity index (χ2n) is 5.51. The number of thiocarbonyl (C=S) groups is 1. The monoisotopic (exact) mass is 342 g/mol. The molecule has 0 bridgehead atoms. The van der Waals surface area contributed by atoms with E-state index in [0.717, 1.165) is 17.1 Å². The van der Waals surface area contributed by atoms with E-state index in [9.17, 15) is 8.42 Å². The van der Waals surface area contributed by atoms with Crippen LogP contribution in [-0.2, 0) is 16.4 Å². The van der Waals surface area contributed by atoms with E-state index >= 15 is 0 Å². The Balaban J connectivity index is 1.56. The van der Waals surface area contributed by atoms with E-state index in [4.69, 9.17) is 21.7 Å². The van der Waals surface area contributed by atoms with Gasteiger partial charge in [-0.25, -0.2) is 8.42 Å². The van der Waals surface area contributed by atoms with Gasteiger partial charge in [0.1, 0.15) is 0 Å². The number of fused-ring (bicyclic) bond motifs is 1. The molecule has 0 aliphatic carbocycles. The minimum Gasteiger partial charge on any atom is -0.454 e. The fourth-order valence-corrected chi connectivity index (χ4v) is 4.60. The van der Waals surface area contributed by atoms with Crippen LogP contribution in [0, 0.1) is 0 Å². The molecule has 0 spiro atoms. The predicted molar refractivity (Wildman–Crippen MR) is 86.8 cm³/mol. The Morgan fingerprint density at radius 2 is 2.18 bits per heavy atom. The molecule has 120 valence electrons. The Morgan fingerprint density at radius 1 is 1.41 bits per heavy atom. The molecule has 2 aliphatic rings. The van der Waals surface area contributed by atoms with Crippen molar-refractivity contribution < 1.29 is 17.9 Å². The maximum Gasteiger partial charge on any atom is 0.231 e. The third-order valence-electron chi connectivity index (χ3n) is 3.96. The zero-order valence-electron chi connectivity index (χ0n) is 12.2. The summed E-state index contributed by atoms with van der Waals surface area (Å²) in [6.45, 7) is 0.808. The van der Waals surface area contributed by atoms with Crippen LogP contribution in [0.1, 0.15) is 12.0 Å². The molecule has 1 saturated heterocycles. The molecule has 3 rings (SSSR count). The van der Waals surface area contributed by atoms with Gasteiger partial charge in [-0.15, -0.1) is 0 Å². The molecule has 2 aliphatic heterocycles. The Labute approximate surface area is 135 Å². The number of ether oxygens (including phenoxy) is 2. The quantitative estimate of drug-likeness (QED) is 0.819. The normalized spacial score (nSPS) is 21.6. The van der Waals surface area contributed by atoms with Crippen LogP contribution in [0.3, 0.4) is 0 Å². The van der Waals surface area contributed by atoms with E-state index in [1.807, 2.05) is 30.1 Å². The molecular weight excluding hydrogens is 324 g/mol. The smallest absolute Gasteiger partial charge is 0.231 e. The minimum absolute atomic E-state index is 0.0400. The van der Waals surface area contributed by atoms with E-state index in [-0.39, 0.29) is 24.3 Å². The molecule has 1 unspecified atom stereocenters. The number of hydrogen-bond acceptors (Lipinski definition) is 5. The van der Waals surface area contributed by atoms with Gasteiger partial charge < -0.3 is 19.7 Å². The summed E-state index contributed by atoms with van der Waals surface area (Å²) < 4.78 is 33.7. The molecule has 1 aromatic rings. The van der Waals surface area contributed by atoms with E-state index in [0.29, 0.717) is 18.1 Å². The van der Waals surface area contributed by atoms with Crippen LogP contribution in [-0.4, -0.2) is 49.8 Å². The molecule has 22 heavy (non-hydrogen) atoms. The Bertz CT molecular complexity index is 690. The lowest BCUT2D eigenvalue weighted by Crippen LogP contribution is -2.43. The standard InChI is InChI=1S/C14H18N2O4S2/c1-16(11-4-5-22(17,18)8-11)14(21)15-7-10-2-3-12-13(6-10)20-9-19-12/h2-3,6,11H,4-5,7-9H2,1H3,(H,15,21). The van der Waals surface area contributed by atoms with E-state index in [1.54, 1.807) is 0 Å². The second-order valence-corrected chi connectivity index (χ2v) is 8.13. The molecule has 1 fully saturated rings. The SMILES string of the molecule is CN(C(=S)NCc1ccc2c(c1)OCO2)C1CCS(=O)(=O)C1. The topological polar surface area (TPSA) is 67.9 Å². The zero-order valence-corrected chi connectivity index (χ0v) is 13.9. The van der Waals surface area contributed by atoms with Crippen molar-refractivity contribution in [1.29, 1.82) is 0 Å². The van der Waals surface area contributed by atoms with Crippen LogP contribution in [0.5, 0.6) is 11.5 Å². The van der Waals surface area contributed by atoms with Crippen molar-refractivity contribution in [3.8, 4) is 11.5 Å². The highest BCUT2D eigenvalue weighted by atomic mass is 32.2. The summed E-state index contributed by atoms with van der Waals surface area (Å²) in [7, 11) is -1.07. The van der Waals surface area contributed by atoms with Gasteiger partial charge in [-0.05, 0) is 36.3 Å². The van der Waals surface area contributed by atoms with E-state index in [2.05, 4.69) is 5.32 Å². The third-order valence-corrected chi connectivity index (χ3v) is 6.14. The largest absolute Gasteiger partial charge is 0.454 e. The Hall–Kier alpha value is -1.54. The number of sulfone groups is 1. The first-order chi connectivity index (χ1) is 10.4. The van der Waals surface area contributed by atoms with Crippen LogP contribution < -0.4 is 14.8 Å². The van der Waals surface area contributed by atoms with E-state index < -0.39 is 9.84 Å². The summed E-state index contributed by atoms with van der Waals surface area (Å²) in [5, 5.41) is 3.72. The zero-order chi connectivity index (χ0) is 15.7. The van der Waals surface area contributed by atoms with Crippen LogP contribution >= 0.6 is 12.2 Å². The van der Waals surface area contributed by atoms with Gasteiger partial charge in [-0.1, -0.05) is 6.07 Å². The Morgan fingerprint density at radius 3 is 2.91 bits per heavy atom. The fourth-order valence-electron chi connectivity index (χ4n) is 2.60. The van der Waals surface area contributed by atoms with Crippen LogP contribution in [0.2, 0.25) is 0 Å². The van der Waals surface area contributed by atoms with Crippen molar-refractivity contribution in [2.24, 2.45) is 0 Å². The number of rotatable bonds is 3. The van der Waals surface area contributed by atoms with Gasteiger partial charge in [-0.3, -0.25) is 0 Å². The highest BCUT2D eigenvalue weighted by molar-refractivity contribution is 7.91. The number of hydrogen-bond donors (Lipinski definition) is 1. The highest BCUT2D eigenvalue weighted by Crippen LogP contribution is 2.32. The van der Waals surface area contributed by atoms with Gasteiger partial charge >= 0.3 is 0 Å². The van der Waals surface area contributed by atoms with Crippen molar-refractivity contribution in [3.05, 3.63) is 23.8 Å². The number of nitrogens with zero attached hydrogens (tertiary/aromatic N) is 1. The van der Waals surface area contributed by atoms with Crippen molar-refractivity contribution in [2.45, 2.75) is 19.0 Å². The molecule has 8 heteroatoms. The van der Waals surface area contributed by atoms with Gasteiger partial charge in [0.2, 0.25) is 6.79 Å². The first-order valence-corrected chi connectivity index (χ1v) is 9.27. The van der Waals surface area contributed by atoms with Gasteiger partial charge in [0, 0.05) is 19.6 Å². The molecule has 0 saturated carbocycles. The summed E-state index contributed by atoms with van der Waals surface area (Å²) in [5.41, 5.74) is 1.03. The summed E-state index contributed by atoms with van der Waals surface area (Å²) in [5.74, 6) is 1.90. The second kappa shape index (κ2) is 5.92. The predicted octanol–water partition coefficient (Wildman–Crippen LogP) is 0.909. The molecule has 2 heterocycles. The van der Waals surface area contributed by atoms with Gasteiger partial charge in [0.05, 0.1) is 11.5 Å². The Kier molecular flexibility index (Phi) is 4.14. The highest BCUT2D eigenvalue weighted by Gasteiger charge is 2.31. The average Bonchev–Trinajstić information content (AvgIpc) is 3.09. The number of nitrogens with one attached hydrogen (secondary N) is 1. The summed E-state index contributed by atoms with van der Waals surface area (Å²) >= 11 is 5.35. The first-order valence-electron chi connectivity index (χ1n) is 7.04. The molecule has 1 atom stereocenters. The van der Waals surface area contributed by atoms with Gasteiger partial charge in [0.15, 0.2) is 26.4 Å². The molecule has 0 amide bonds. The lowest BCUT2D eigenvalue weighted by atomic mass is 10.2. The lowest BCUT2D eigenvalue weighted by molar-refractivity contribution is 0.174. The average molecular weight is 342 g/mol.